The third-order valence-electron chi connectivity index (χ3n) is 6.29. The van der Waals surface area contributed by atoms with Crippen molar-refractivity contribution in [3.05, 3.63) is 0 Å². The number of carboxylic acids is 2. The summed E-state index contributed by atoms with van der Waals surface area (Å²) in [5.41, 5.74) is 0. The van der Waals surface area contributed by atoms with E-state index in [0.717, 1.165) is 44.9 Å². The van der Waals surface area contributed by atoms with Crippen molar-refractivity contribution in [2.75, 3.05) is 0 Å². The Kier molecular flexibility index (Phi) is 45.5. The van der Waals surface area contributed by atoms with Crippen LogP contribution in [0.2, 0.25) is 0 Å². The third-order valence-corrected chi connectivity index (χ3v) is 7.23. The fourth-order valence-electron chi connectivity index (χ4n) is 3.74. The predicted octanol–water partition coefficient (Wildman–Crippen LogP) is 6.33. The van der Waals surface area contributed by atoms with Crippen LogP contribution in [0.1, 0.15) is 162 Å². The first-order valence-corrected chi connectivity index (χ1v) is 16.3. The van der Waals surface area contributed by atoms with Crippen LogP contribution >= 0.6 is 25.3 Å². The molecule has 0 heterocycles. The summed E-state index contributed by atoms with van der Waals surface area (Å²) in [6.45, 7) is 6.54. The van der Waals surface area contributed by atoms with Crippen LogP contribution in [0.25, 0.3) is 0 Å². The van der Waals surface area contributed by atoms with Crippen LogP contribution in [0.4, 0.5) is 0 Å². The summed E-state index contributed by atoms with van der Waals surface area (Å²) in [6, 6.07) is 0. The van der Waals surface area contributed by atoms with Gasteiger partial charge in [0.05, 0.1) is 11.9 Å². The van der Waals surface area contributed by atoms with E-state index in [2.05, 4.69) is 50.9 Å². The molecule has 0 rings (SSSR count). The van der Waals surface area contributed by atoms with E-state index in [0.29, 0.717) is 19.3 Å². The van der Waals surface area contributed by atoms with Crippen molar-refractivity contribution in [1.29, 1.82) is 0 Å². The summed E-state index contributed by atoms with van der Waals surface area (Å²) >= 11 is 7.84. The van der Waals surface area contributed by atoms with E-state index in [4.69, 9.17) is 5.26 Å². The zero-order chi connectivity index (χ0) is 30.2. The van der Waals surface area contributed by atoms with E-state index in [9.17, 15) is 24.6 Å². The molecular weight excluding hydrogens is 655 g/mol. The molecule has 236 valence electrons. The van der Waals surface area contributed by atoms with Gasteiger partial charge in [0.1, 0.15) is 0 Å². The standard InChI is InChI=1S/2C11H22O2S.C8H16O3.Sn/c2*1-2-3-4-5-6-7-8-9-10(14)11(12)13;1-2-3-4-5-6-7-8(9)11-10;/h2*10,14H,2-9H2,1H3,(H,12,13);10H,2-7H2,1H3;/q;;;+2/p-2. The molecule has 40 heavy (non-hydrogen) atoms. The summed E-state index contributed by atoms with van der Waals surface area (Å²) in [5.74, 6) is -2.61. The molecule has 0 aromatic carbocycles. The van der Waals surface area contributed by atoms with Crippen molar-refractivity contribution >= 4 is 67.1 Å². The Balaban J connectivity index is -0.000000242. The largest absolute Gasteiger partial charge is 2.00 e. The zero-order valence-corrected chi connectivity index (χ0v) is 30.1. The molecule has 0 aromatic heterocycles. The number of aliphatic carboxylic acids is 2. The normalized spacial score (nSPS) is 11.6. The van der Waals surface area contributed by atoms with E-state index >= 15 is 0 Å². The smallest absolute Gasteiger partial charge is 0.549 e. The van der Waals surface area contributed by atoms with Crippen molar-refractivity contribution in [1.82, 2.24) is 0 Å². The maximum absolute atomic E-state index is 10.4. The van der Waals surface area contributed by atoms with Gasteiger partial charge in [-0.05, 0) is 19.3 Å². The molecule has 2 atom stereocenters. The van der Waals surface area contributed by atoms with Gasteiger partial charge in [-0.25, -0.2) is 4.79 Å². The van der Waals surface area contributed by atoms with Crippen LogP contribution in [0.3, 0.4) is 0 Å². The number of unbranched alkanes of at least 4 members (excludes halogenated alkanes) is 16. The Morgan fingerprint density at radius 2 is 0.850 bits per heavy atom. The first-order chi connectivity index (χ1) is 18.7. The molecule has 1 N–H and O–H groups in total. The van der Waals surface area contributed by atoms with Crippen molar-refractivity contribution in [2.45, 2.75) is 173 Å². The molecule has 0 aromatic rings. The number of hydrogen-bond acceptors (Lipinski definition) is 9. The second kappa shape index (κ2) is 38.9. The fraction of sp³-hybridized carbons (Fsp3) is 0.900. The predicted molar refractivity (Wildman–Crippen MR) is 169 cm³/mol. The molecule has 0 amide bonds. The maximum atomic E-state index is 10.4. The Morgan fingerprint density at radius 3 is 1.12 bits per heavy atom. The topological polar surface area (TPSA) is 127 Å². The first kappa shape index (κ1) is 46.8. The third kappa shape index (κ3) is 42.3. The molecule has 0 bridgehead atoms. The fourth-order valence-corrected chi connectivity index (χ4v) is 4.11. The Labute approximate surface area is 273 Å². The van der Waals surface area contributed by atoms with Crippen LogP contribution in [0, 0.1) is 0 Å². The number of carboxylic acid groups (broad SMARTS) is 2. The van der Waals surface area contributed by atoms with Crippen molar-refractivity contribution in [3.63, 3.8) is 0 Å². The molecule has 0 aliphatic carbocycles. The van der Waals surface area contributed by atoms with Crippen molar-refractivity contribution in [2.24, 2.45) is 0 Å². The summed E-state index contributed by atoms with van der Waals surface area (Å²) in [5, 5.41) is 27.4. The van der Waals surface area contributed by atoms with Crippen LogP contribution in [0.5, 0.6) is 0 Å². The van der Waals surface area contributed by atoms with Crippen LogP contribution in [-0.2, 0) is 19.3 Å². The van der Waals surface area contributed by atoms with Gasteiger partial charge in [0.2, 0.25) is 0 Å². The molecule has 0 aliphatic rings. The van der Waals surface area contributed by atoms with Gasteiger partial charge in [-0.2, -0.15) is 30.5 Å². The van der Waals surface area contributed by atoms with Crippen LogP contribution in [0.15, 0.2) is 0 Å². The monoisotopic (exact) mass is 714 g/mol. The van der Waals surface area contributed by atoms with E-state index in [1.807, 2.05) is 0 Å². The van der Waals surface area contributed by atoms with Gasteiger partial charge in [0.25, 0.3) is 0 Å². The molecule has 10 heteroatoms. The van der Waals surface area contributed by atoms with Gasteiger partial charge < -0.3 is 24.7 Å². The average Bonchev–Trinajstić information content (AvgIpc) is 2.92. The molecule has 0 saturated carbocycles. The van der Waals surface area contributed by atoms with Crippen LogP contribution < -0.4 is 10.2 Å². The number of carbonyl (C=O) groups excluding carboxylic acids is 3. The van der Waals surface area contributed by atoms with Gasteiger partial charge in [-0.3, -0.25) is 0 Å². The minimum Gasteiger partial charge on any atom is -0.549 e. The van der Waals surface area contributed by atoms with Crippen molar-refractivity contribution in [3.8, 4) is 0 Å². The summed E-state index contributed by atoms with van der Waals surface area (Å²) in [7, 11) is 0. The molecule has 2 unspecified atom stereocenters. The molecular formula is C30H58O7S2Sn. The Bertz CT molecular complexity index is 520. The molecule has 2 radical (unpaired) electrons. The summed E-state index contributed by atoms with van der Waals surface area (Å²) < 4.78 is 0. The van der Waals surface area contributed by atoms with E-state index < -0.39 is 28.4 Å². The Hall–Kier alpha value is -0.131. The van der Waals surface area contributed by atoms with Gasteiger partial charge in [-0.1, -0.05) is 136 Å². The van der Waals surface area contributed by atoms with Gasteiger partial charge in [0, 0.05) is 16.9 Å². The number of rotatable bonds is 24. The SMILES string of the molecule is CCCCCCCC(=O)OO.CCCCCCCCCC(S)C(=O)[O-].CCCCCCCCCC(S)C(=O)[O-].[Sn+2]. The maximum Gasteiger partial charge on any atom is 2.00 e. The number of carbonyl (C=O) groups is 3. The molecule has 0 aliphatic heterocycles. The van der Waals surface area contributed by atoms with Crippen LogP contribution in [-0.4, -0.2) is 57.6 Å². The van der Waals surface area contributed by atoms with Gasteiger partial charge in [0.15, 0.2) is 0 Å². The average molecular weight is 714 g/mol. The second-order valence-corrected chi connectivity index (χ2v) is 11.4. The second-order valence-electron chi connectivity index (χ2n) is 10.1. The Morgan fingerprint density at radius 1 is 0.575 bits per heavy atom. The molecule has 0 fully saturated rings. The molecule has 7 nitrogen and oxygen atoms in total. The summed E-state index contributed by atoms with van der Waals surface area (Å²) in [6.07, 6.45) is 23.9. The summed E-state index contributed by atoms with van der Waals surface area (Å²) in [4.78, 5) is 34.5. The van der Waals surface area contributed by atoms with E-state index in [1.165, 1.54) is 77.0 Å². The molecule has 0 spiro atoms. The number of hydrogen-bond donors (Lipinski definition) is 3. The van der Waals surface area contributed by atoms with Gasteiger partial charge in [-0.15, -0.1) is 0 Å². The van der Waals surface area contributed by atoms with E-state index in [-0.39, 0.29) is 23.9 Å². The zero-order valence-electron chi connectivity index (χ0n) is 25.5. The van der Waals surface area contributed by atoms with E-state index in [1.54, 1.807) is 0 Å². The van der Waals surface area contributed by atoms with Crippen molar-refractivity contribution < 1.29 is 34.7 Å². The molecule has 0 saturated heterocycles. The minimum atomic E-state index is -1.04. The minimum absolute atomic E-state index is 0. The van der Waals surface area contributed by atoms with Gasteiger partial charge >= 0.3 is 29.9 Å². The number of thiol groups is 2. The quantitative estimate of drug-likeness (QED) is 0.0351. The first-order valence-electron chi connectivity index (χ1n) is 15.3.